The van der Waals surface area contributed by atoms with Gasteiger partial charge in [0, 0.05) is 30.1 Å². The van der Waals surface area contributed by atoms with Crippen LogP contribution in [0.15, 0.2) is 72.3 Å². The Balaban J connectivity index is 0.867. The number of phenols is 1. The van der Waals surface area contributed by atoms with Gasteiger partial charge in [0.15, 0.2) is 11.7 Å². The molecule has 0 bridgehead atoms. The van der Waals surface area contributed by atoms with E-state index in [2.05, 4.69) is 51.1 Å². The van der Waals surface area contributed by atoms with Crippen LogP contribution in [0.25, 0.3) is 0 Å². The van der Waals surface area contributed by atoms with Crippen LogP contribution in [0.2, 0.25) is 0 Å². The molecular weight excluding hydrogens is 737 g/mol. The van der Waals surface area contributed by atoms with Gasteiger partial charge in [-0.05, 0) is 115 Å². The first-order valence-corrected chi connectivity index (χ1v) is 21.3. The molecule has 2 aromatic carbocycles. The average Bonchev–Trinajstić information content (AvgIpc) is 3.50. The molecule has 3 heterocycles. The Morgan fingerprint density at radius 2 is 1.74 bits per heavy atom. The van der Waals surface area contributed by atoms with Crippen molar-refractivity contribution < 1.29 is 48.3 Å². The number of esters is 2. The van der Waals surface area contributed by atoms with E-state index in [4.69, 9.17) is 23.7 Å². The van der Waals surface area contributed by atoms with Gasteiger partial charge >= 0.3 is 11.9 Å². The maximum absolute atomic E-state index is 15.0. The molecule has 0 amide bonds. The topological polar surface area (TPSA) is 138 Å². The fraction of sp³-hybridized carbons (Fsp3) is 0.604. The van der Waals surface area contributed by atoms with Gasteiger partial charge in [0.25, 0.3) is 0 Å². The summed E-state index contributed by atoms with van der Waals surface area (Å²) >= 11 is 0. The highest BCUT2D eigenvalue weighted by Crippen LogP contribution is 2.89. The normalized spacial score (nSPS) is 45.7. The minimum Gasteiger partial charge on any atom is -0.508 e. The standard InChI is InChI=1S/C48H56O10/c1-42-19-16-30-22-35(29-9-13-32(54-5)14-10-29)55-26-43(30,2)37(42)23-38(50)45(4)36(42)18-20-46-25-47(45,46)21-17-34(46)33-24-48(58-40(33)52)41(53)44(3,27-56-48)57-39(51)15-8-28-6-11-31(49)12-7-28/h6-7,9-14,16,18,20,33-37,41,49,53H,8,15,17,19,21-27H2,1-5H3/t33-,34-,35-,36+,37+,41+,42+,43-,44-,45-,46+,47+,48+/m0/s1. The van der Waals surface area contributed by atoms with Crippen molar-refractivity contribution in [2.24, 2.45) is 50.7 Å². The molecule has 3 saturated carbocycles. The van der Waals surface area contributed by atoms with Crippen LogP contribution in [0.4, 0.5) is 0 Å². The van der Waals surface area contributed by atoms with Crippen LogP contribution in [0.1, 0.15) is 96.3 Å². The van der Waals surface area contributed by atoms with Gasteiger partial charge < -0.3 is 33.9 Å². The van der Waals surface area contributed by atoms with Gasteiger partial charge in [-0.15, -0.1) is 0 Å². The number of phenolic OH excluding ortho intramolecular Hbond substituents is 1. The fourth-order valence-corrected chi connectivity index (χ4v) is 14.2. The van der Waals surface area contributed by atoms with Crippen molar-refractivity contribution in [3.8, 4) is 11.5 Å². The average molecular weight is 793 g/mol. The lowest BCUT2D eigenvalue weighted by atomic mass is 9.39. The highest BCUT2D eigenvalue weighted by atomic mass is 16.8. The van der Waals surface area contributed by atoms with Gasteiger partial charge in [0.2, 0.25) is 5.79 Å². The van der Waals surface area contributed by atoms with Gasteiger partial charge in [-0.2, -0.15) is 0 Å². The van der Waals surface area contributed by atoms with Gasteiger partial charge in [0.05, 0.1) is 32.3 Å². The monoisotopic (exact) mass is 792 g/mol. The van der Waals surface area contributed by atoms with E-state index in [1.165, 1.54) is 5.57 Å². The second kappa shape index (κ2) is 12.5. The SMILES string of the molecule is COc1ccc([C@@H]2CC3=CC[C@@]4(C)[C@@H](CC(=O)[C@]5(C)[C@@H]4C=C[C@]46C[C@@]45CC[C@H]6[C@@H]4C[C@@]5(OC[C@](C)(OC(=O)CCc6ccc(O)cc6)[C@H]5O)OC4=O)[C@@]3(C)CO2)cc1. The molecule has 10 rings (SSSR count). The maximum atomic E-state index is 15.0. The number of aryl methyl sites for hydroxylation is 1. The first-order chi connectivity index (χ1) is 27.6. The van der Waals surface area contributed by atoms with Crippen molar-refractivity contribution in [2.75, 3.05) is 20.3 Å². The molecule has 2 N–H and O–H groups in total. The highest BCUT2D eigenvalue weighted by molar-refractivity contribution is 5.90. The smallest absolute Gasteiger partial charge is 0.312 e. The van der Waals surface area contributed by atoms with Crippen LogP contribution in [0.5, 0.6) is 11.5 Å². The number of aliphatic hydroxyl groups excluding tert-OH is 1. The number of Topliss-reactive ketones (excluding diaryl/α,β-unsaturated/α-hetero) is 1. The predicted molar refractivity (Wildman–Crippen MR) is 211 cm³/mol. The fourth-order valence-electron chi connectivity index (χ4n) is 14.2. The number of carbonyl (C=O) groups is 3. The Kier molecular flexibility index (Phi) is 8.25. The molecule has 5 aliphatic carbocycles. The molecule has 8 aliphatic rings. The Bertz CT molecular complexity index is 2130. The first-order valence-electron chi connectivity index (χ1n) is 21.3. The number of hydrogen-bond donors (Lipinski definition) is 2. The molecule has 308 valence electrons. The van der Waals surface area contributed by atoms with Crippen LogP contribution in [0, 0.1) is 50.7 Å². The Morgan fingerprint density at radius 1 is 0.983 bits per heavy atom. The largest absolute Gasteiger partial charge is 0.508 e. The number of allylic oxidation sites excluding steroid dienone is 3. The van der Waals surface area contributed by atoms with E-state index >= 15 is 4.79 Å². The second-order valence-corrected chi connectivity index (χ2v) is 20.0. The molecule has 0 aromatic heterocycles. The Hall–Kier alpha value is -3.99. The summed E-state index contributed by atoms with van der Waals surface area (Å²) in [4.78, 5) is 42.0. The number of ether oxygens (including phenoxy) is 5. The molecule has 3 saturated heterocycles. The summed E-state index contributed by atoms with van der Waals surface area (Å²) in [5.74, 6) is -1.55. The first kappa shape index (κ1) is 38.2. The van der Waals surface area contributed by atoms with Gasteiger partial charge in [-0.25, -0.2) is 0 Å². The van der Waals surface area contributed by atoms with Crippen molar-refractivity contribution in [3.05, 3.63) is 83.5 Å². The van der Waals surface area contributed by atoms with Crippen molar-refractivity contribution in [1.29, 1.82) is 0 Å². The zero-order valence-electron chi connectivity index (χ0n) is 34.3. The molecule has 6 fully saturated rings. The number of carbonyl (C=O) groups excluding carboxylic acids is 3. The van der Waals surface area contributed by atoms with E-state index in [1.54, 1.807) is 38.3 Å². The van der Waals surface area contributed by atoms with E-state index < -0.39 is 40.8 Å². The van der Waals surface area contributed by atoms with Gasteiger partial charge in [0.1, 0.15) is 17.3 Å². The lowest BCUT2D eigenvalue weighted by Crippen LogP contribution is -2.63. The Morgan fingerprint density at radius 3 is 2.48 bits per heavy atom. The predicted octanol–water partition coefficient (Wildman–Crippen LogP) is 7.36. The number of methoxy groups -OCH3 is 1. The van der Waals surface area contributed by atoms with Crippen LogP contribution in [-0.2, 0) is 39.8 Å². The van der Waals surface area contributed by atoms with E-state index in [1.807, 2.05) is 12.1 Å². The van der Waals surface area contributed by atoms with Crippen molar-refractivity contribution in [2.45, 2.75) is 109 Å². The number of fused-ring (bicyclic) bond motifs is 5. The summed E-state index contributed by atoms with van der Waals surface area (Å²) in [5, 5.41) is 21.3. The van der Waals surface area contributed by atoms with Gasteiger partial charge in [-0.3, -0.25) is 14.4 Å². The van der Waals surface area contributed by atoms with Crippen LogP contribution < -0.4 is 4.74 Å². The van der Waals surface area contributed by atoms with E-state index in [-0.39, 0.29) is 70.7 Å². The number of ketones is 1. The molecule has 2 aromatic rings. The highest BCUT2D eigenvalue weighted by Gasteiger charge is 2.85. The van der Waals surface area contributed by atoms with Crippen molar-refractivity contribution in [3.63, 3.8) is 0 Å². The number of benzene rings is 2. The third-order valence-electron chi connectivity index (χ3n) is 17.4. The lowest BCUT2D eigenvalue weighted by Gasteiger charge is -2.64. The molecule has 1 spiro atoms. The zero-order valence-corrected chi connectivity index (χ0v) is 34.3. The summed E-state index contributed by atoms with van der Waals surface area (Å²) in [5.41, 5.74) is 0.528. The summed E-state index contributed by atoms with van der Waals surface area (Å²) < 4.78 is 30.1. The minimum atomic E-state index is -1.60. The number of hydrogen-bond acceptors (Lipinski definition) is 10. The molecule has 10 nitrogen and oxygen atoms in total. The summed E-state index contributed by atoms with van der Waals surface area (Å²) in [7, 11) is 1.67. The molecule has 10 heteroatoms. The summed E-state index contributed by atoms with van der Waals surface area (Å²) in [6, 6.07) is 14.8. The maximum Gasteiger partial charge on any atom is 0.312 e. The van der Waals surface area contributed by atoms with Crippen molar-refractivity contribution in [1.82, 2.24) is 0 Å². The van der Waals surface area contributed by atoms with E-state index in [0.717, 1.165) is 49.0 Å². The van der Waals surface area contributed by atoms with Crippen LogP contribution in [0.3, 0.4) is 0 Å². The lowest BCUT2D eigenvalue weighted by molar-refractivity contribution is -0.224. The van der Waals surface area contributed by atoms with Crippen LogP contribution in [-0.4, -0.2) is 65.8 Å². The van der Waals surface area contributed by atoms with Gasteiger partial charge in [-0.1, -0.05) is 68.8 Å². The van der Waals surface area contributed by atoms with Crippen molar-refractivity contribution >= 4 is 17.7 Å². The molecule has 0 unspecified atom stereocenters. The zero-order chi connectivity index (χ0) is 40.7. The Labute approximate surface area is 340 Å². The summed E-state index contributed by atoms with van der Waals surface area (Å²) in [6.45, 7) is 9.08. The minimum absolute atomic E-state index is 0.0291. The second-order valence-electron chi connectivity index (χ2n) is 20.0. The third-order valence-corrected chi connectivity index (χ3v) is 17.4. The third kappa shape index (κ3) is 4.97. The number of aliphatic hydroxyl groups is 1. The summed E-state index contributed by atoms with van der Waals surface area (Å²) in [6.07, 6.45) is 11.3. The molecular formula is C48H56O10. The van der Waals surface area contributed by atoms with Crippen LogP contribution >= 0.6 is 0 Å². The quantitative estimate of drug-likeness (QED) is 0.216. The molecule has 3 aliphatic heterocycles. The molecule has 13 atom stereocenters. The molecule has 0 radical (unpaired) electrons. The number of aromatic hydroxyl groups is 1. The number of rotatable bonds is 7. The van der Waals surface area contributed by atoms with E-state index in [0.29, 0.717) is 25.2 Å². The molecule has 58 heavy (non-hydrogen) atoms. The van der Waals surface area contributed by atoms with E-state index in [9.17, 15) is 19.8 Å².